The normalized spacial score (nSPS) is 12.3. The molecule has 6 N–H and O–H groups in total. The molecule has 0 spiro atoms. The molecular weight excluding hydrogens is 272 g/mol. The number of hydrogen-bond acceptors (Lipinski definition) is 3. The van der Waals surface area contributed by atoms with Gasteiger partial charge in [-0.25, -0.2) is 4.79 Å². The second-order valence-corrected chi connectivity index (χ2v) is 4.92. The van der Waals surface area contributed by atoms with Gasteiger partial charge < -0.3 is 21.9 Å². The third-order valence-electron chi connectivity index (χ3n) is 2.98. The molecule has 7 nitrogen and oxygen atoms in total. The van der Waals surface area contributed by atoms with E-state index in [0.717, 1.165) is 32.1 Å². The predicted octanol–water partition coefficient (Wildman–Crippen LogP) is 0.970. The van der Waals surface area contributed by atoms with Crippen LogP contribution in [0.1, 0.15) is 59.6 Å². The number of aliphatic carboxylic acids is 1. The molecule has 0 bridgehead atoms. The Morgan fingerprint density at radius 2 is 1.95 bits per heavy atom. The lowest BCUT2D eigenvalue weighted by Crippen LogP contribution is -2.40. The summed E-state index contributed by atoms with van der Waals surface area (Å²) in [5.41, 5.74) is 10.4. The van der Waals surface area contributed by atoms with Crippen molar-refractivity contribution >= 4 is 17.8 Å². The van der Waals surface area contributed by atoms with Gasteiger partial charge in [-0.05, 0) is 19.3 Å². The van der Waals surface area contributed by atoms with Crippen molar-refractivity contribution in [1.29, 1.82) is 0 Å². The van der Waals surface area contributed by atoms with Crippen LogP contribution in [0, 0.1) is 0 Å². The Morgan fingerprint density at radius 3 is 2.57 bits per heavy atom. The van der Waals surface area contributed by atoms with E-state index < -0.39 is 12.0 Å². The molecule has 0 fully saturated rings. The molecule has 21 heavy (non-hydrogen) atoms. The SMILES string of the molecule is [2H]CCCCCCCC(=O)N[C@@H](CCCN=C(N)N)C(=O)O. The van der Waals surface area contributed by atoms with Crippen LogP contribution in [0.3, 0.4) is 0 Å². The zero-order chi connectivity index (χ0) is 16.8. The molecule has 0 aliphatic carbocycles. The summed E-state index contributed by atoms with van der Waals surface area (Å²) in [5.74, 6) is -1.32. The van der Waals surface area contributed by atoms with Crippen molar-refractivity contribution in [3.8, 4) is 0 Å². The van der Waals surface area contributed by atoms with E-state index >= 15 is 0 Å². The van der Waals surface area contributed by atoms with Gasteiger partial charge in [0.1, 0.15) is 6.04 Å². The van der Waals surface area contributed by atoms with Crippen LogP contribution >= 0.6 is 0 Å². The van der Waals surface area contributed by atoms with Crippen LogP contribution in [0.2, 0.25) is 0 Å². The maximum Gasteiger partial charge on any atom is 0.326 e. The molecule has 0 aliphatic rings. The third kappa shape index (κ3) is 11.7. The van der Waals surface area contributed by atoms with E-state index in [0.29, 0.717) is 32.7 Å². The molecule has 0 saturated heterocycles. The fourth-order valence-electron chi connectivity index (χ4n) is 1.84. The Kier molecular flexibility index (Phi) is 9.86. The molecule has 0 radical (unpaired) electrons. The number of guanidine groups is 1. The van der Waals surface area contributed by atoms with Crippen LogP contribution in [-0.4, -0.2) is 35.5 Å². The topological polar surface area (TPSA) is 131 Å². The van der Waals surface area contributed by atoms with E-state index in [2.05, 4.69) is 10.3 Å². The Bertz CT molecular complexity index is 360. The highest BCUT2D eigenvalue weighted by atomic mass is 16.4. The fraction of sp³-hybridized carbons (Fsp3) is 0.786. The highest BCUT2D eigenvalue weighted by Crippen LogP contribution is 2.06. The Balaban J connectivity index is 3.88. The minimum absolute atomic E-state index is 0.0265. The quantitative estimate of drug-likeness (QED) is 0.242. The van der Waals surface area contributed by atoms with Crippen molar-refractivity contribution in [1.82, 2.24) is 5.32 Å². The van der Waals surface area contributed by atoms with Gasteiger partial charge in [0, 0.05) is 14.3 Å². The summed E-state index contributed by atoms with van der Waals surface area (Å²) >= 11 is 0. The second kappa shape index (κ2) is 12.0. The first-order valence-electron chi connectivity index (χ1n) is 8.05. The van der Waals surface area contributed by atoms with E-state index in [4.69, 9.17) is 17.9 Å². The minimum atomic E-state index is -1.05. The Hall–Kier alpha value is -1.79. The van der Waals surface area contributed by atoms with Gasteiger partial charge in [-0.15, -0.1) is 0 Å². The predicted molar refractivity (Wildman–Crippen MR) is 82.9 cm³/mol. The van der Waals surface area contributed by atoms with Crippen LogP contribution in [0.25, 0.3) is 0 Å². The van der Waals surface area contributed by atoms with Gasteiger partial charge in [0.25, 0.3) is 0 Å². The summed E-state index contributed by atoms with van der Waals surface area (Å²) in [6.45, 7) is 0.790. The second-order valence-electron chi connectivity index (χ2n) is 4.92. The van der Waals surface area contributed by atoms with Crippen LogP contribution in [-0.2, 0) is 9.59 Å². The summed E-state index contributed by atoms with van der Waals surface area (Å²) in [5, 5.41) is 11.6. The minimum Gasteiger partial charge on any atom is -0.480 e. The first-order valence-corrected chi connectivity index (χ1v) is 7.34. The molecule has 0 rings (SSSR count). The molecule has 0 aromatic rings. The lowest BCUT2D eigenvalue weighted by molar-refractivity contribution is -0.142. The maximum atomic E-state index is 11.7. The number of nitrogens with zero attached hydrogens (tertiary/aromatic N) is 1. The van der Waals surface area contributed by atoms with E-state index in [9.17, 15) is 9.59 Å². The van der Waals surface area contributed by atoms with Crippen LogP contribution in [0.15, 0.2) is 4.99 Å². The molecule has 0 heterocycles. The first kappa shape index (κ1) is 17.3. The van der Waals surface area contributed by atoms with Gasteiger partial charge in [0.05, 0.1) is 0 Å². The fourth-order valence-corrected chi connectivity index (χ4v) is 1.84. The molecule has 0 unspecified atom stereocenters. The smallest absolute Gasteiger partial charge is 0.326 e. The third-order valence-corrected chi connectivity index (χ3v) is 2.98. The number of rotatable bonds is 12. The first-order chi connectivity index (χ1) is 10.5. The van der Waals surface area contributed by atoms with Crippen LogP contribution < -0.4 is 16.8 Å². The number of unbranched alkanes of at least 4 members (excludes halogenated alkanes) is 4. The Morgan fingerprint density at radius 1 is 1.24 bits per heavy atom. The largest absolute Gasteiger partial charge is 0.480 e. The Labute approximate surface area is 127 Å². The van der Waals surface area contributed by atoms with E-state index in [1.165, 1.54) is 0 Å². The molecule has 1 amide bonds. The summed E-state index contributed by atoms with van der Waals surface area (Å²) in [6, 6.07) is -0.898. The lowest BCUT2D eigenvalue weighted by atomic mass is 10.1. The van der Waals surface area contributed by atoms with Crippen molar-refractivity contribution in [2.45, 2.75) is 64.3 Å². The van der Waals surface area contributed by atoms with Gasteiger partial charge in [-0.1, -0.05) is 32.6 Å². The van der Waals surface area contributed by atoms with Gasteiger partial charge in [0.15, 0.2) is 5.96 Å². The lowest BCUT2D eigenvalue weighted by Gasteiger charge is -2.14. The molecular formula is C14H28N4O3. The monoisotopic (exact) mass is 301 g/mol. The average Bonchev–Trinajstić information content (AvgIpc) is 2.45. The number of carboxylic acid groups (broad SMARTS) is 1. The van der Waals surface area contributed by atoms with Crippen LogP contribution in [0.5, 0.6) is 0 Å². The van der Waals surface area contributed by atoms with Gasteiger partial charge in [-0.3, -0.25) is 9.79 Å². The van der Waals surface area contributed by atoms with Crippen molar-refractivity contribution in [2.24, 2.45) is 16.5 Å². The van der Waals surface area contributed by atoms with Crippen LogP contribution in [0.4, 0.5) is 0 Å². The number of carboxylic acids is 1. The zero-order valence-electron chi connectivity index (χ0n) is 13.5. The van der Waals surface area contributed by atoms with Crippen molar-refractivity contribution in [2.75, 3.05) is 6.54 Å². The van der Waals surface area contributed by atoms with Crippen molar-refractivity contribution < 1.29 is 16.1 Å². The summed E-state index contributed by atoms with van der Waals surface area (Å²) in [7, 11) is 0. The summed E-state index contributed by atoms with van der Waals surface area (Å²) in [6.07, 6.45) is 5.69. The molecule has 122 valence electrons. The molecule has 0 saturated carbocycles. The number of aliphatic imine (C=N–C) groups is 1. The standard InChI is InChI=1S/C14H28N4O3/c1-2-3-4-5-6-9-12(19)18-11(13(20)21)8-7-10-17-14(15)16/h11H,2-10H2,1H3,(H,18,19)(H,20,21)(H4,15,16,17)/t11-/m0/s1/i1D. The average molecular weight is 301 g/mol. The van der Waals surface area contributed by atoms with E-state index in [1.807, 2.05) is 0 Å². The highest BCUT2D eigenvalue weighted by Gasteiger charge is 2.18. The summed E-state index contributed by atoms with van der Waals surface area (Å²) < 4.78 is 7.02. The molecule has 0 aromatic heterocycles. The van der Waals surface area contributed by atoms with E-state index in [1.54, 1.807) is 0 Å². The van der Waals surface area contributed by atoms with E-state index in [-0.39, 0.29) is 11.9 Å². The number of carbonyl (C=O) groups is 2. The molecule has 0 aliphatic heterocycles. The summed E-state index contributed by atoms with van der Waals surface area (Å²) in [4.78, 5) is 26.6. The van der Waals surface area contributed by atoms with Crippen molar-refractivity contribution in [3.63, 3.8) is 0 Å². The molecule has 0 aromatic carbocycles. The van der Waals surface area contributed by atoms with Gasteiger partial charge >= 0.3 is 5.97 Å². The number of nitrogens with one attached hydrogen (secondary N) is 1. The number of amides is 1. The maximum absolute atomic E-state index is 11.7. The molecule has 7 heteroatoms. The molecule has 1 atom stereocenters. The van der Waals surface area contributed by atoms with Gasteiger partial charge in [0.2, 0.25) is 5.91 Å². The number of carbonyl (C=O) groups excluding carboxylic acids is 1. The van der Waals surface area contributed by atoms with Crippen molar-refractivity contribution in [3.05, 3.63) is 0 Å². The highest BCUT2D eigenvalue weighted by molar-refractivity contribution is 5.83. The van der Waals surface area contributed by atoms with Gasteiger partial charge in [-0.2, -0.15) is 0 Å². The number of hydrogen-bond donors (Lipinski definition) is 4. The number of nitrogens with two attached hydrogens (primary N) is 2. The zero-order valence-corrected chi connectivity index (χ0v) is 12.5.